The van der Waals surface area contributed by atoms with Crippen molar-refractivity contribution >= 4 is 0 Å². The number of fused-ring (bicyclic) bond motifs is 5. The Hall–Kier alpha value is -0.300. The van der Waals surface area contributed by atoms with E-state index in [0.29, 0.717) is 34.5 Å². The highest BCUT2D eigenvalue weighted by atomic mass is 16.3. The molecule has 0 spiro atoms. The summed E-state index contributed by atoms with van der Waals surface area (Å²) in [6.07, 6.45) is 16.8. The molecule has 0 aromatic heterocycles. The highest BCUT2D eigenvalue weighted by molar-refractivity contribution is 5.20. The van der Waals surface area contributed by atoms with Gasteiger partial charge < -0.3 is 5.11 Å². The quantitative estimate of drug-likeness (QED) is 0.437. The molecule has 1 nitrogen and oxygen atoms in total. The van der Waals surface area contributed by atoms with E-state index < -0.39 is 5.60 Å². The lowest BCUT2D eigenvalue weighted by molar-refractivity contribution is -0.212. The van der Waals surface area contributed by atoms with Crippen LogP contribution in [-0.2, 0) is 0 Å². The van der Waals surface area contributed by atoms with E-state index in [1.807, 2.05) is 0 Å². The van der Waals surface area contributed by atoms with Crippen molar-refractivity contribution in [3.63, 3.8) is 0 Å². The summed E-state index contributed by atoms with van der Waals surface area (Å²) in [7, 11) is 0. The van der Waals surface area contributed by atoms with Gasteiger partial charge >= 0.3 is 0 Å². The lowest BCUT2D eigenvalue weighted by Gasteiger charge is -2.66. The molecule has 0 unspecified atom stereocenters. The van der Waals surface area contributed by atoms with Gasteiger partial charge in [-0.3, -0.25) is 0 Å². The van der Waals surface area contributed by atoms with Gasteiger partial charge in [-0.05, 0) is 103 Å². The zero-order valence-electron chi connectivity index (χ0n) is 22.0. The molecule has 31 heavy (non-hydrogen) atoms. The van der Waals surface area contributed by atoms with Crippen molar-refractivity contribution in [2.24, 2.45) is 57.7 Å². The van der Waals surface area contributed by atoms with Crippen molar-refractivity contribution in [2.45, 2.75) is 119 Å². The monoisotopic (exact) mass is 428 g/mol. The van der Waals surface area contributed by atoms with Crippen LogP contribution < -0.4 is 0 Å². The van der Waals surface area contributed by atoms with Crippen LogP contribution in [0, 0.1) is 57.7 Å². The summed E-state index contributed by atoms with van der Waals surface area (Å²) >= 11 is 0. The van der Waals surface area contributed by atoms with Crippen LogP contribution >= 0.6 is 0 Å². The average molecular weight is 429 g/mol. The maximum atomic E-state index is 12.0. The highest BCUT2D eigenvalue weighted by Crippen LogP contribution is 2.71. The van der Waals surface area contributed by atoms with Gasteiger partial charge in [0.2, 0.25) is 0 Å². The molecule has 0 radical (unpaired) electrons. The summed E-state index contributed by atoms with van der Waals surface area (Å²) in [4.78, 5) is 0. The molecule has 0 heterocycles. The minimum absolute atomic E-state index is 0.200. The van der Waals surface area contributed by atoms with Gasteiger partial charge in [0.1, 0.15) is 0 Å². The van der Waals surface area contributed by atoms with E-state index in [0.717, 1.165) is 24.2 Å². The first kappa shape index (κ1) is 23.8. The van der Waals surface area contributed by atoms with Crippen LogP contribution in [-0.4, -0.2) is 10.7 Å². The second-order valence-electron chi connectivity index (χ2n) is 14.3. The third-order valence-corrected chi connectivity index (χ3v) is 11.5. The van der Waals surface area contributed by atoms with Crippen LogP contribution in [0.15, 0.2) is 12.2 Å². The van der Waals surface area contributed by atoms with Crippen molar-refractivity contribution in [2.75, 3.05) is 0 Å². The third kappa shape index (κ3) is 3.77. The Labute approximate surface area is 193 Å². The Morgan fingerprint density at radius 1 is 0.903 bits per heavy atom. The molecule has 0 aromatic carbocycles. The molecule has 3 fully saturated rings. The molecule has 0 aromatic rings. The second-order valence-corrected chi connectivity index (χ2v) is 14.3. The van der Waals surface area contributed by atoms with Gasteiger partial charge in [-0.25, -0.2) is 0 Å². The summed E-state index contributed by atoms with van der Waals surface area (Å²) in [5.41, 5.74) is 0.477. The van der Waals surface area contributed by atoms with Crippen LogP contribution in [0.4, 0.5) is 0 Å². The first-order valence-electron chi connectivity index (χ1n) is 13.7. The van der Waals surface area contributed by atoms with E-state index in [9.17, 15) is 5.11 Å². The van der Waals surface area contributed by atoms with Gasteiger partial charge in [-0.1, -0.05) is 79.9 Å². The van der Waals surface area contributed by atoms with E-state index in [1.54, 1.807) is 0 Å². The van der Waals surface area contributed by atoms with Crippen LogP contribution in [0.5, 0.6) is 0 Å². The smallest absolute Gasteiger partial charge is 0.0656 e. The minimum atomic E-state index is -0.514. The molecule has 4 aliphatic rings. The molecule has 0 bridgehead atoms. The Balaban J connectivity index is 1.59. The number of allylic oxidation sites excluding steroid dienone is 2. The Bertz CT molecular complexity index is 687. The lowest BCUT2D eigenvalue weighted by Crippen LogP contribution is -2.63. The van der Waals surface area contributed by atoms with Crippen molar-refractivity contribution in [3.05, 3.63) is 12.2 Å². The largest absolute Gasteiger partial charge is 0.390 e. The second kappa shape index (κ2) is 7.89. The van der Waals surface area contributed by atoms with E-state index in [1.165, 1.54) is 51.4 Å². The Morgan fingerprint density at radius 3 is 2.26 bits per heavy atom. The molecule has 0 aliphatic heterocycles. The summed E-state index contributed by atoms with van der Waals surface area (Å²) in [5, 5.41) is 12.0. The topological polar surface area (TPSA) is 20.2 Å². The standard InChI is InChI=1S/C30H52O/c1-20(2)11-9-12-21(3)22-13-14-23-26-24(15-18-28(22,23)6)29(7)17-10-16-27(4,5)25(29)19-30(26,8)31/h10,16,20-26,31H,9,11-15,17-19H2,1-8H3/t21-,22-,23+,24+,25+,26+,28-,29-,30-/m1/s1. The molecule has 1 heteroatoms. The predicted molar refractivity (Wildman–Crippen MR) is 133 cm³/mol. The van der Waals surface area contributed by atoms with Gasteiger partial charge in [0.05, 0.1) is 5.60 Å². The predicted octanol–water partition coefficient (Wildman–Crippen LogP) is 8.27. The maximum absolute atomic E-state index is 12.0. The Kier molecular flexibility index (Phi) is 6.07. The van der Waals surface area contributed by atoms with Gasteiger partial charge in [-0.15, -0.1) is 0 Å². The summed E-state index contributed by atoms with van der Waals surface area (Å²) < 4.78 is 0. The zero-order valence-corrected chi connectivity index (χ0v) is 22.0. The van der Waals surface area contributed by atoms with Crippen molar-refractivity contribution in [3.8, 4) is 0 Å². The number of rotatable bonds is 5. The normalized spacial score (nSPS) is 49.4. The molecule has 0 amide bonds. The molecule has 9 atom stereocenters. The number of aliphatic hydroxyl groups is 1. The number of hydrogen-bond donors (Lipinski definition) is 1. The van der Waals surface area contributed by atoms with E-state index in [2.05, 4.69) is 67.5 Å². The summed E-state index contributed by atoms with van der Waals surface area (Å²) in [6, 6.07) is 0. The molecular formula is C30H52O. The SMILES string of the molecule is CC(C)CCC[C@@H](C)[C@H]1CC[C@H]2[C@H]3[C@H](CC[C@]12C)[C@@]1(C)CC=CC(C)(C)[C@@H]1C[C@@]3(C)O. The van der Waals surface area contributed by atoms with Crippen LogP contribution in [0.1, 0.15) is 113 Å². The first-order chi connectivity index (χ1) is 14.3. The molecule has 0 saturated heterocycles. The Morgan fingerprint density at radius 2 is 1.58 bits per heavy atom. The molecule has 1 N–H and O–H groups in total. The van der Waals surface area contributed by atoms with Crippen molar-refractivity contribution in [1.82, 2.24) is 0 Å². The van der Waals surface area contributed by atoms with Crippen molar-refractivity contribution in [1.29, 1.82) is 0 Å². The van der Waals surface area contributed by atoms with Gasteiger partial charge in [0, 0.05) is 0 Å². The average Bonchev–Trinajstić information content (AvgIpc) is 3.00. The van der Waals surface area contributed by atoms with Gasteiger partial charge in [0.25, 0.3) is 0 Å². The van der Waals surface area contributed by atoms with Crippen LogP contribution in [0.2, 0.25) is 0 Å². The van der Waals surface area contributed by atoms with Gasteiger partial charge in [-0.2, -0.15) is 0 Å². The summed E-state index contributed by atoms with van der Waals surface area (Å²) in [6.45, 7) is 19.6. The fourth-order valence-corrected chi connectivity index (χ4v) is 9.95. The fourth-order valence-electron chi connectivity index (χ4n) is 9.95. The maximum Gasteiger partial charge on any atom is 0.0656 e. The van der Waals surface area contributed by atoms with Crippen molar-refractivity contribution < 1.29 is 5.11 Å². The van der Waals surface area contributed by atoms with E-state index >= 15 is 0 Å². The van der Waals surface area contributed by atoms with E-state index in [4.69, 9.17) is 0 Å². The number of hydrogen-bond acceptors (Lipinski definition) is 1. The minimum Gasteiger partial charge on any atom is -0.390 e. The summed E-state index contributed by atoms with van der Waals surface area (Å²) in [5.74, 6) is 4.99. The zero-order chi connectivity index (χ0) is 22.8. The highest BCUT2D eigenvalue weighted by Gasteiger charge is 2.66. The molecule has 178 valence electrons. The van der Waals surface area contributed by atoms with E-state index in [-0.39, 0.29) is 5.41 Å². The van der Waals surface area contributed by atoms with Crippen LogP contribution in [0.25, 0.3) is 0 Å². The first-order valence-corrected chi connectivity index (χ1v) is 13.7. The fraction of sp³-hybridized carbons (Fsp3) is 0.933. The molecular weight excluding hydrogens is 376 g/mol. The molecule has 3 saturated carbocycles. The lowest BCUT2D eigenvalue weighted by atomic mass is 9.39. The van der Waals surface area contributed by atoms with Crippen LogP contribution in [0.3, 0.4) is 0 Å². The van der Waals surface area contributed by atoms with Gasteiger partial charge in [0.15, 0.2) is 0 Å². The molecule has 4 aliphatic carbocycles. The third-order valence-electron chi connectivity index (χ3n) is 11.5. The molecule has 4 rings (SSSR count).